The van der Waals surface area contributed by atoms with Crippen LogP contribution in [0, 0.1) is 10.5 Å². The Morgan fingerprint density at radius 2 is 2.08 bits per heavy atom. The Morgan fingerprint density at radius 3 is 2.58 bits per heavy atom. The van der Waals surface area contributed by atoms with Gasteiger partial charge in [-0.3, -0.25) is 4.79 Å². The molecule has 0 bridgehead atoms. The molecule has 0 spiro atoms. The molecule has 0 radical (unpaired) electrons. The van der Waals surface area contributed by atoms with Crippen LogP contribution in [0.5, 0.6) is 5.75 Å². The van der Waals surface area contributed by atoms with Gasteiger partial charge in [0.2, 0.25) is 0 Å². The zero-order valence-electron chi connectivity index (χ0n) is 6.89. The van der Waals surface area contributed by atoms with Crippen molar-refractivity contribution in [1.82, 2.24) is 0 Å². The number of hydrogen-bond acceptors (Lipinski definition) is 2. The van der Waals surface area contributed by atoms with Gasteiger partial charge in [0.1, 0.15) is 5.75 Å². The number of ketones is 1. The van der Waals surface area contributed by atoms with Crippen LogP contribution in [-0.4, -0.2) is 10.9 Å². The molecule has 64 valence electrons. The molecule has 0 aliphatic rings. The van der Waals surface area contributed by atoms with E-state index >= 15 is 0 Å². The van der Waals surface area contributed by atoms with Gasteiger partial charge in [0.05, 0.1) is 3.57 Å². The SMILES string of the molecule is CC(=O)c1ccc(O)c(I)c1C. The van der Waals surface area contributed by atoms with Gasteiger partial charge in [0, 0.05) is 5.56 Å². The van der Waals surface area contributed by atoms with E-state index in [2.05, 4.69) is 0 Å². The average molecular weight is 276 g/mol. The summed E-state index contributed by atoms with van der Waals surface area (Å²) in [6, 6.07) is 3.20. The number of aromatic hydroxyl groups is 1. The molecule has 0 heterocycles. The van der Waals surface area contributed by atoms with E-state index in [1.807, 2.05) is 29.5 Å². The lowest BCUT2D eigenvalue weighted by Gasteiger charge is -2.05. The molecule has 2 nitrogen and oxygen atoms in total. The minimum atomic E-state index is 0.0328. The Labute approximate surface area is 84.7 Å². The van der Waals surface area contributed by atoms with Gasteiger partial charge in [-0.1, -0.05) is 0 Å². The second-order valence-corrected chi connectivity index (χ2v) is 3.71. The summed E-state index contributed by atoms with van der Waals surface area (Å²) in [5, 5.41) is 9.29. The molecule has 1 rings (SSSR count). The summed E-state index contributed by atoms with van der Waals surface area (Å²) in [7, 11) is 0. The summed E-state index contributed by atoms with van der Waals surface area (Å²) >= 11 is 2.03. The van der Waals surface area contributed by atoms with Crippen molar-refractivity contribution in [2.24, 2.45) is 0 Å². The zero-order valence-corrected chi connectivity index (χ0v) is 9.05. The molecule has 0 aliphatic carbocycles. The van der Waals surface area contributed by atoms with Crippen LogP contribution in [0.1, 0.15) is 22.8 Å². The van der Waals surface area contributed by atoms with Gasteiger partial charge in [-0.2, -0.15) is 0 Å². The van der Waals surface area contributed by atoms with Crippen molar-refractivity contribution < 1.29 is 9.90 Å². The van der Waals surface area contributed by atoms with Crippen LogP contribution in [0.3, 0.4) is 0 Å². The van der Waals surface area contributed by atoms with Crippen LogP contribution in [0.25, 0.3) is 0 Å². The summed E-state index contributed by atoms with van der Waals surface area (Å²) < 4.78 is 0.750. The number of rotatable bonds is 1. The van der Waals surface area contributed by atoms with Crippen LogP contribution in [-0.2, 0) is 0 Å². The van der Waals surface area contributed by atoms with Crippen LogP contribution in [0.15, 0.2) is 12.1 Å². The van der Waals surface area contributed by atoms with Crippen LogP contribution >= 0.6 is 22.6 Å². The first-order chi connectivity index (χ1) is 5.54. The molecule has 0 amide bonds. The summed E-state index contributed by atoms with van der Waals surface area (Å²) in [4.78, 5) is 11.0. The van der Waals surface area contributed by atoms with Crippen molar-refractivity contribution >= 4 is 28.4 Å². The first-order valence-electron chi connectivity index (χ1n) is 3.53. The number of benzene rings is 1. The predicted molar refractivity (Wildman–Crippen MR) is 55.6 cm³/mol. The van der Waals surface area contributed by atoms with Crippen molar-refractivity contribution in [2.45, 2.75) is 13.8 Å². The Balaban J connectivity index is 3.36. The van der Waals surface area contributed by atoms with Crippen molar-refractivity contribution in [3.8, 4) is 5.75 Å². The van der Waals surface area contributed by atoms with Gasteiger partial charge in [0.15, 0.2) is 5.78 Å². The maximum absolute atomic E-state index is 11.0. The van der Waals surface area contributed by atoms with E-state index in [1.54, 1.807) is 12.1 Å². The lowest BCUT2D eigenvalue weighted by Crippen LogP contribution is -1.97. The smallest absolute Gasteiger partial charge is 0.160 e. The first kappa shape index (κ1) is 9.51. The maximum Gasteiger partial charge on any atom is 0.160 e. The lowest BCUT2D eigenvalue weighted by molar-refractivity contribution is 0.101. The van der Waals surface area contributed by atoms with Crippen LogP contribution in [0.4, 0.5) is 0 Å². The van der Waals surface area contributed by atoms with E-state index in [9.17, 15) is 9.90 Å². The molecule has 1 aromatic rings. The first-order valence-corrected chi connectivity index (χ1v) is 4.61. The molecule has 0 fully saturated rings. The van der Waals surface area contributed by atoms with Crippen molar-refractivity contribution in [3.05, 3.63) is 26.8 Å². The fourth-order valence-corrected chi connectivity index (χ4v) is 1.52. The molecule has 12 heavy (non-hydrogen) atoms. The summed E-state index contributed by atoms with van der Waals surface area (Å²) in [5.74, 6) is 0.267. The number of carbonyl (C=O) groups excluding carboxylic acids is 1. The lowest BCUT2D eigenvalue weighted by atomic mass is 10.1. The third-order valence-electron chi connectivity index (χ3n) is 1.75. The van der Waals surface area contributed by atoms with Gasteiger partial charge in [0.25, 0.3) is 0 Å². The monoisotopic (exact) mass is 276 g/mol. The van der Waals surface area contributed by atoms with E-state index in [4.69, 9.17) is 0 Å². The highest BCUT2D eigenvalue weighted by Gasteiger charge is 2.09. The number of hydrogen-bond donors (Lipinski definition) is 1. The summed E-state index contributed by atoms with van der Waals surface area (Å²) in [6.45, 7) is 3.35. The van der Waals surface area contributed by atoms with Gasteiger partial charge in [-0.15, -0.1) is 0 Å². The Bertz CT molecular complexity index is 332. The second-order valence-electron chi connectivity index (χ2n) is 2.63. The van der Waals surface area contributed by atoms with Crippen molar-refractivity contribution in [3.63, 3.8) is 0 Å². The molecule has 0 aromatic heterocycles. The van der Waals surface area contributed by atoms with Gasteiger partial charge >= 0.3 is 0 Å². The molecule has 0 atom stereocenters. The number of phenolic OH excluding ortho intramolecular Hbond substituents is 1. The maximum atomic E-state index is 11.0. The van der Waals surface area contributed by atoms with Crippen LogP contribution in [0.2, 0.25) is 0 Å². The number of halogens is 1. The Hall–Kier alpha value is -0.580. The molecule has 3 heteroatoms. The molecule has 1 N–H and O–H groups in total. The minimum Gasteiger partial charge on any atom is -0.507 e. The van der Waals surface area contributed by atoms with Gasteiger partial charge in [-0.05, 0) is 54.1 Å². The Morgan fingerprint density at radius 1 is 1.50 bits per heavy atom. The second kappa shape index (κ2) is 3.43. The summed E-state index contributed by atoms with van der Waals surface area (Å²) in [6.07, 6.45) is 0. The molecule has 0 unspecified atom stereocenters. The van der Waals surface area contributed by atoms with E-state index < -0.39 is 0 Å². The van der Waals surface area contributed by atoms with Crippen molar-refractivity contribution in [1.29, 1.82) is 0 Å². The number of Topliss-reactive ketones (excluding diaryl/α,β-unsaturated/α-hetero) is 1. The minimum absolute atomic E-state index is 0.0328. The van der Waals surface area contributed by atoms with Crippen molar-refractivity contribution in [2.75, 3.05) is 0 Å². The van der Waals surface area contributed by atoms with E-state index in [0.29, 0.717) is 5.56 Å². The third kappa shape index (κ3) is 1.60. The quantitative estimate of drug-likeness (QED) is 0.632. The molecule has 1 aromatic carbocycles. The highest BCUT2D eigenvalue weighted by Crippen LogP contribution is 2.25. The van der Waals surface area contributed by atoms with Gasteiger partial charge < -0.3 is 5.11 Å². The highest BCUT2D eigenvalue weighted by molar-refractivity contribution is 14.1. The molecular weight excluding hydrogens is 267 g/mol. The average Bonchev–Trinajstić information content (AvgIpc) is 2.00. The topological polar surface area (TPSA) is 37.3 Å². The van der Waals surface area contributed by atoms with Crippen LogP contribution < -0.4 is 0 Å². The molecule has 0 aliphatic heterocycles. The molecular formula is C9H9IO2. The van der Waals surface area contributed by atoms with E-state index in [1.165, 1.54) is 6.92 Å². The van der Waals surface area contributed by atoms with E-state index in [-0.39, 0.29) is 11.5 Å². The number of phenols is 1. The molecule has 0 saturated carbocycles. The number of carbonyl (C=O) groups is 1. The highest BCUT2D eigenvalue weighted by atomic mass is 127. The molecule has 0 saturated heterocycles. The van der Waals surface area contributed by atoms with E-state index in [0.717, 1.165) is 9.13 Å². The largest absolute Gasteiger partial charge is 0.507 e. The third-order valence-corrected chi connectivity index (χ3v) is 3.11. The standard InChI is InChI=1S/C9H9IO2/c1-5-7(6(2)11)3-4-8(12)9(5)10/h3-4,12H,1-2H3. The fourth-order valence-electron chi connectivity index (χ4n) is 1.05. The predicted octanol–water partition coefficient (Wildman–Crippen LogP) is 2.51. The normalized spacial score (nSPS) is 9.92. The van der Waals surface area contributed by atoms with Gasteiger partial charge in [-0.25, -0.2) is 0 Å². The Kier molecular flexibility index (Phi) is 2.72. The summed E-state index contributed by atoms with van der Waals surface area (Å²) in [5.41, 5.74) is 1.53. The zero-order chi connectivity index (χ0) is 9.30. The fraction of sp³-hybridized carbons (Fsp3) is 0.222.